The Morgan fingerprint density at radius 3 is 3.00 bits per heavy atom. The molecule has 0 radical (unpaired) electrons. The van der Waals surface area contributed by atoms with E-state index < -0.39 is 0 Å². The summed E-state index contributed by atoms with van der Waals surface area (Å²) in [5.74, 6) is 2.03. The van der Waals surface area contributed by atoms with E-state index in [2.05, 4.69) is 13.0 Å². The summed E-state index contributed by atoms with van der Waals surface area (Å²) >= 11 is 0. The van der Waals surface area contributed by atoms with E-state index in [1.165, 1.54) is 5.56 Å². The molecule has 1 aliphatic heterocycles. The van der Waals surface area contributed by atoms with Gasteiger partial charge >= 0.3 is 0 Å². The van der Waals surface area contributed by atoms with E-state index in [9.17, 15) is 4.79 Å². The van der Waals surface area contributed by atoms with E-state index in [1.807, 2.05) is 18.2 Å². The number of carbonyl (C=O) groups is 1. The predicted octanol–water partition coefficient (Wildman–Crippen LogP) is 2.53. The van der Waals surface area contributed by atoms with Crippen molar-refractivity contribution < 1.29 is 9.53 Å². The second kappa shape index (κ2) is 3.09. The standard InChI is InChI=1S/C13H14O2/c1-8-6-7-10(14)13-12(8)9-4-2-3-5-11(9)15-13/h2-5,8,12-13H,6-7H2,1H3/t8-,12-,13-/m1/s1. The lowest BCUT2D eigenvalue weighted by Gasteiger charge is -2.28. The Bertz CT molecular complexity index is 411. The van der Waals surface area contributed by atoms with E-state index in [4.69, 9.17) is 4.74 Å². The number of Topliss-reactive ketones (excluding diaryl/α,β-unsaturated/α-hetero) is 1. The first-order valence-corrected chi connectivity index (χ1v) is 5.55. The molecule has 2 aliphatic rings. The van der Waals surface area contributed by atoms with Crippen LogP contribution < -0.4 is 4.74 Å². The van der Waals surface area contributed by atoms with Gasteiger partial charge in [0.15, 0.2) is 11.9 Å². The fraction of sp³-hybridized carbons (Fsp3) is 0.462. The van der Waals surface area contributed by atoms with Crippen LogP contribution in [0, 0.1) is 5.92 Å². The summed E-state index contributed by atoms with van der Waals surface area (Å²) in [5, 5.41) is 0. The minimum absolute atomic E-state index is 0.203. The first-order valence-electron chi connectivity index (χ1n) is 5.55. The smallest absolute Gasteiger partial charge is 0.173 e. The highest BCUT2D eigenvalue weighted by Gasteiger charge is 2.44. The normalized spacial score (nSPS) is 33.1. The van der Waals surface area contributed by atoms with Gasteiger partial charge in [0.25, 0.3) is 0 Å². The number of hydrogen-bond donors (Lipinski definition) is 0. The summed E-state index contributed by atoms with van der Waals surface area (Å²) in [5.41, 5.74) is 1.23. The molecular weight excluding hydrogens is 188 g/mol. The van der Waals surface area contributed by atoms with E-state index >= 15 is 0 Å². The van der Waals surface area contributed by atoms with E-state index in [-0.39, 0.29) is 11.9 Å². The number of ether oxygens (including phenoxy) is 1. The van der Waals surface area contributed by atoms with Crippen molar-refractivity contribution in [2.75, 3.05) is 0 Å². The SMILES string of the molecule is C[C@@H]1CCC(=O)[C@H]2Oc3ccccc3[C@@H]12. The monoisotopic (exact) mass is 202 g/mol. The number of rotatable bonds is 0. The average molecular weight is 202 g/mol. The number of para-hydroxylation sites is 1. The lowest BCUT2D eigenvalue weighted by Crippen LogP contribution is -2.36. The van der Waals surface area contributed by atoms with Crippen molar-refractivity contribution in [3.63, 3.8) is 0 Å². The van der Waals surface area contributed by atoms with Crippen LogP contribution in [0.5, 0.6) is 5.75 Å². The first kappa shape index (κ1) is 8.96. The van der Waals surface area contributed by atoms with Crippen LogP contribution >= 0.6 is 0 Å². The number of ketones is 1. The van der Waals surface area contributed by atoms with Crippen LogP contribution in [0.15, 0.2) is 24.3 Å². The summed E-state index contributed by atoms with van der Waals surface area (Å²) in [6.45, 7) is 2.22. The summed E-state index contributed by atoms with van der Waals surface area (Å²) in [6, 6.07) is 8.05. The summed E-state index contributed by atoms with van der Waals surface area (Å²) < 4.78 is 5.74. The van der Waals surface area contributed by atoms with Gasteiger partial charge in [-0.3, -0.25) is 4.79 Å². The number of carbonyl (C=O) groups excluding carboxylic acids is 1. The van der Waals surface area contributed by atoms with Gasteiger partial charge in [0, 0.05) is 17.9 Å². The van der Waals surface area contributed by atoms with Crippen LogP contribution in [0.1, 0.15) is 31.2 Å². The molecular formula is C13H14O2. The molecule has 2 heteroatoms. The zero-order chi connectivity index (χ0) is 10.4. The predicted molar refractivity (Wildman–Crippen MR) is 57.0 cm³/mol. The van der Waals surface area contributed by atoms with Gasteiger partial charge in [-0.15, -0.1) is 0 Å². The molecule has 0 spiro atoms. The number of fused-ring (bicyclic) bond motifs is 3. The molecule has 1 aromatic carbocycles. The molecule has 1 aromatic rings. The van der Waals surface area contributed by atoms with Gasteiger partial charge in [-0.1, -0.05) is 25.1 Å². The molecule has 2 nitrogen and oxygen atoms in total. The van der Waals surface area contributed by atoms with Crippen LogP contribution in [0.25, 0.3) is 0 Å². The van der Waals surface area contributed by atoms with Crippen molar-refractivity contribution in [3.8, 4) is 5.75 Å². The molecule has 0 aromatic heterocycles. The van der Waals surface area contributed by atoms with Crippen LogP contribution in [0.3, 0.4) is 0 Å². The average Bonchev–Trinajstić information content (AvgIpc) is 2.64. The Hall–Kier alpha value is -1.31. The summed E-state index contributed by atoms with van der Waals surface area (Å²) in [6.07, 6.45) is 1.47. The second-order valence-corrected chi connectivity index (χ2v) is 4.58. The highest BCUT2D eigenvalue weighted by Crippen LogP contribution is 2.46. The topological polar surface area (TPSA) is 26.3 Å². The lowest BCUT2D eigenvalue weighted by atomic mass is 9.75. The third-order valence-corrected chi connectivity index (χ3v) is 3.63. The van der Waals surface area contributed by atoms with Crippen molar-refractivity contribution in [1.29, 1.82) is 0 Å². The molecule has 3 atom stereocenters. The molecule has 0 amide bonds. The fourth-order valence-corrected chi connectivity index (χ4v) is 2.80. The summed E-state index contributed by atoms with van der Waals surface area (Å²) in [7, 11) is 0. The molecule has 0 saturated heterocycles. The van der Waals surface area contributed by atoms with Crippen LogP contribution in [-0.2, 0) is 4.79 Å². The van der Waals surface area contributed by atoms with Crippen LogP contribution in [0.2, 0.25) is 0 Å². The van der Waals surface area contributed by atoms with Crippen molar-refractivity contribution in [1.82, 2.24) is 0 Å². The molecule has 15 heavy (non-hydrogen) atoms. The van der Waals surface area contributed by atoms with Crippen molar-refractivity contribution in [3.05, 3.63) is 29.8 Å². The number of benzene rings is 1. The van der Waals surface area contributed by atoms with E-state index in [0.717, 1.165) is 12.2 Å². The third-order valence-electron chi connectivity index (χ3n) is 3.63. The number of hydrogen-bond acceptors (Lipinski definition) is 2. The molecule has 1 aliphatic carbocycles. The van der Waals surface area contributed by atoms with E-state index in [1.54, 1.807) is 0 Å². The third kappa shape index (κ3) is 1.21. The summed E-state index contributed by atoms with van der Waals surface area (Å²) in [4.78, 5) is 11.8. The maximum Gasteiger partial charge on any atom is 0.173 e. The van der Waals surface area contributed by atoms with E-state index in [0.29, 0.717) is 18.3 Å². The van der Waals surface area contributed by atoms with Gasteiger partial charge in [-0.2, -0.15) is 0 Å². The molecule has 0 bridgehead atoms. The Balaban J connectivity index is 2.07. The van der Waals surface area contributed by atoms with Gasteiger partial charge < -0.3 is 4.74 Å². The molecule has 1 heterocycles. The minimum Gasteiger partial charge on any atom is -0.482 e. The maximum atomic E-state index is 11.8. The van der Waals surface area contributed by atoms with Crippen molar-refractivity contribution in [2.24, 2.45) is 5.92 Å². The van der Waals surface area contributed by atoms with Crippen molar-refractivity contribution in [2.45, 2.75) is 31.8 Å². The zero-order valence-corrected chi connectivity index (χ0v) is 8.77. The van der Waals surface area contributed by atoms with Gasteiger partial charge in [-0.05, 0) is 18.4 Å². The maximum absolute atomic E-state index is 11.8. The Kier molecular flexibility index (Phi) is 1.84. The largest absolute Gasteiger partial charge is 0.482 e. The van der Waals surface area contributed by atoms with Gasteiger partial charge in [0.2, 0.25) is 0 Å². The van der Waals surface area contributed by atoms with Gasteiger partial charge in [0.05, 0.1) is 0 Å². The molecule has 78 valence electrons. The van der Waals surface area contributed by atoms with Crippen LogP contribution in [0.4, 0.5) is 0 Å². The molecule has 0 N–H and O–H groups in total. The lowest BCUT2D eigenvalue weighted by molar-refractivity contribution is -0.128. The molecule has 1 saturated carbocycles. The highest BCUT2D eigenvalue weighted by molar-refractivity contribution is 5.86. The Labute approximate surface area is 89.2 Å². The highest BCUT2D eigenvalue weighted by atomic mass is 16.5. The quantitative estimate of drug-likeness (QED) is 0.646. The minimum atomic E-state index is -0.203. The molecule has 0 unspecified atom stereocenters. The van der Waals surface area contributed by atoms with Gasteiger partial charge in [-0.25, -0.2) is 0 Å². The van der Waals surface area contributed by atoms with Crippen LogP contribution in [-0.4, -0.2) is 11.9 Å². The fourth-order valence-electron chi connectivity index (χ4n) is 2.80. The Morgan fingerprint density at radius 2 is 2.13 bits per heavy atom. The molecule has 3 rings (SSSR count). The molecule has 1 fully saturated rings. The zero-order valence-electron chi connectivity index (χ0n) is 8.77. The second-order valence-electron chi connectivity index (χ2n) is 4.58. The Morgan fingerprint density at radius 1 is 1.33 bits per heavy atom. The van der Waals surface area contributed by atoms with Gasteiger partial charge in [0.1, 0.15) is 5.75 Å². The van der Waals surface area contributed by atoms with Crippen molar-refractivity contribution >= 4 is 5.78 Å². The first-order chi connectivity index (χ1) is 7.27.